The summed E-state index contributed by atoms with van der Waals surface area (Å²) in [6.45, 7) is -3.16. The van der Waals surface area contributed by atoms with E-state index in [2.05, 4.69) is 0 Å². The first-order chi connectivity index (χ1) is 19.3. The lowest BCUT2D eigenvalue weighted by molar-refractivity contribution is -0.160. The van der Waals surface area contributed by atoms with Crippen LogP contribution in [0.1, 0.15) is 75.4 Å². The van der Waals surface area contributed by atoms with Gasteiger partial charge in [-0.25, -0.2) is 0 Å². The minimum atomic E-state index is -3.24. The standard InChI is InChI=1S/C24H38N2O4/c1-14(2)9-17-13-26-8-7-16-10-21(28-5)22(29-6)11-18(16)19(26)12-20(17)30-24(27)23(25)15(3)4/h10-11,14-15,17,19-20,23H,7-9,12-13,25H2,1-6H3/t17?,19?,20?,23-/m0/s1/i1D3,7D2,8D2,9D2,10D,11D,14D,20D/t14?,17?,19?,20?,23-. The predicted molar refractivity (Wildman–Crippen MR) is 118 cm³/mol. The van der Waals surface area contributed by atoms with Crippen molar-refractivity contribution in [1.29, 1.82) is 0 Å². The lowest BCUT2D eigenvalue weighted by atomic mass is 9.79. The Labute approximate surface area is 199 Å². The van der Waals surface area contributed by atoms with Gasteiger partial charge < -0.3 is 19.9 Å². The molecule has 1 saturated heterocycles. The fraction of sp³-hybridized carbons (Fsp3) is 0.708. The minimum Gasteiger partial charge on any atom is -0.493 e. The number of nitrogens with two attached hydrogens (primary N) is 1. The molecule has 4 unspecified atom stereocenters. The van der Waals surface area contributed by atoms with E-state index in [4.69, 9.17) is 36.4 Å². The Morgan fingerprint density at radius 3 is 2.77 bits per heavy atom. The summed E-state index contributed by atoms with van der Waals surface area (Å²) in [5, 5.41) is 0. The van der Waals surface area contributed by atoms with Gasteiger partial charge in [0.25, 0.3) is 0 Å². The van der Waals surface area contributed by atoms with Crippen LogP contribution in [0.5, 0.6) is 11.5 Å². The molecule has 2 N–H and O–H groups in total. The lowest BCUT2D eigenvalue weighted by Gasteiger charge is -2.47. The predicted octanol–water partition coefficient (Wildman–Crippen LogP) is 3.56. The highest BCUT2D eigenvalue weighted by Crippen LogP contribution is 2.44. The number of methoxy groups -OCH3 is 2. The Balaban J connectivity index is 2.39. The highest BCUT2D eigenvalue weighted by atomic mass is 16.5. The molecule has 0 spiro atoms. The van der Waals surface area contributed by atoms with E-state index < -0.39 is 98.6 Å². The van der Waals surface area contributed by atoms with Crippen LogP contribution in [-0.2, 0) is 15.9 Å². The Morgan fingerprint density at radius 1 is 1.43 bits per heavy atom. The van der Waals surface area contributed by atoms with E-state index in [1.165, 1.54) is 14.2 Å². The molecule has 0 saturated carbocycles. The molecule has 2 aliphatic heterocycles. The molecule has 0 aromatic heterocycles. The van der Waals surface area contributed by atoms with E-state index in [1.807, 2.05) is 0 Å². The van der Waals surface area contributed by atoms with Gasteiger partial charge in [0.2, 0.25) is 0 Å². The number of carbonyl (C=O) groups excluding carboxylic acids is 1. The van der Waals surface area contributed by atoms with Crippen LogP contribution in [0, 0.1) is 17.7 Å². The van der Waals surface area contributed by atoms with Crippen LogP contribution in [-0.4, -0.2) is 50.3 Å². The molecular formula is C24H38N2O4. The number of hydrogen-bond acceptors (Lipinski definition) is 6. The third-order valence-electron chi connectivity index (χ3n) is 5.18. The van der Waals surface area contributed by atoms with E-state index >= 15 is 0 Å². The van der Waals surface area contributed by atoms with Gasteiger partial charge in [0.1, 0.15) is 12.1 Å². The van der Waals surface area contributed by atoms with Gasteiger partial charge >= 0.3 is 5.97 Å². The summed E-state index contributed by atoms with van der Waals surface area (Å²) in [6, 6.07) is -3.82. The molecule has 3 rings (SSSR count). The summed E-state index contributed by atoms with van der Waals surface area (Å²) in [5.74, 6) is -7.10. The monoisotopic (exact) mass is 431 g/mol. The number of benzene rings is 1. The van der Waals surface area contributed by atoms with Crippen molar-refractivity contribution in [3.63, 3.8) is 0 Å². The van der Waals surface area contributed by atoms with Gasteiger partial charge in [-0.3, -0.25) is 9.69 Å². The maximum absolute atomic E-state index is 13.1. The van der Waals surface area contributed by atoms with Crippen molar-refractivity contribution >= 4 is 5.97 Å². The average molecular weight is 432 g/mol. The van der Waals surface area contributed by atoms with E-state index in [0.717, 1.165) is 11.8 Å². The maximum Gasteiger partial charge on any atom is 0.323 e. The number of esters is 1. The maximum atomic E-state index is 13.1. The van der Waals surface area contributed by atoms with Crippen LogP contribution in [0.4, 0.5) is 0 Å². The Kier molecular flexibility index (Phi) is 3.57. The SMILES string of the molecule is [2H]c1c(OC)c(OC)c([2H])c2c1C1CC([2H])(OC(=O)[C@@H](N)C(C)C)C(C([2H])([2H])C([2H])(C)C([2H])([2H])[2H])CN1C([2H])([2H])C2([2H])[2H]. The highest BCUT2D eigenvalue weighted by molar-refractivity contribution is 5.76. The second kappa shape index (κ2) is 9.56. The van der Waals surface area contributed by atoms with Gasteiger partial charge in [0.15, 0.2) is 11.5 Å². The molecule has 30 heavy (non-hydrogen) atoms. The van der Waals surface area contributed by atoms with Crippen molar-refractivity contribution in [3.8, 4) is 11.5 Å². The van der Waals surface area contributed by atoms with Crippen molar-refractivity contribution in [3.05, 3.63) is 23.2 Å². The summed E-state index contributed by atoms with van der Waals surface area (Å²) in [4.78, 5) is 14.0. The zero-order chi connectivity index (χ0) is 33.5. The molecule has 1 aromatic carbocycles. The number of rotatable bonds is 7. The van der Waals surface area contributed by atoms with Crippen molar-refractivity contribution in [1.82, 2.24) is 4.90 Å². The third-order valence-corrected chi connectivity index (χ3v) is 5.18. The molecule has 6 nitrogen and oxygen atoms in total. The largest absolute Gasteiger partial charge is 0.493 e. The van der Waals surface area contributed by atoms with Crippen LogP contribution in [0.3, 0.4) is 0 Å². The van der Waals surface area contributed by atoms with E-state index in [0.29, 0.717) is 0 Å². The molecule has 2 heterocycles. The van der Waals surface area contributed by atoms with Crippen LogP contribution >= 0.6 is 0 Å². The van der Waals surface area contributed by atoms with E-state index in [1.54, 1.807) is 13.8 Å². The van der Waals surface area contributed by atoms with Gasteiger partial charge in [-0.2, -0.15) is 0 Å². The molecule has 0 bridgehead atoms. The number of fused-ring (bicyclic) bond motifs is 3. The smallest absolute Gasteiger partial charge is 0.323 e. The molecule has 6 heteroatoms. The first-order valence-corrected chi connectivity index (χ1v) is 9.78. The molecule has 0 aliphatic carbocycles. The van der Waals surface area contributed by atoms with Crippen LogP contribution in [0.25, 0.3) is 0 Å². The van der Waals surface area contributed by atoms with Gasteiger partial charge in [-0.15, -0.1) is 0 Å². The molecular weight excluding hydrogens is 380 g/mol. The number of ether oxygens (including phenoxy) is 3. The second-order valence-corrected chi connectivity index (χ2v) is 7.69. The van der Waals surface area contributed by atoms with Gasteiger partial charge in [0, 0.05) is 45.1 Å². The van der Waals surface area contributed by atoms with Crippen molar-refractivity contribution in [2.45, 2.75) is 65.0 Å². The van der Waals surface area contributed by atoms with Crippen LogP contribution in [0.15, 0.2) is 12.1 Å². The van der Waals surface area contributed by atoms with Crippen molar-refractivity contribution in [2.24, 2.45) is 23.5 Å². The normalized spacial score (nSPS) is 39.9. The molecule has 2 aliphatic rings. The van der Waals surface area contributed by atoms with E-state index in [-0.39, 0.29) is 17.1 Å². The van der Waals surface area contributed by atoms with Gasteiger partial charge in [-0.1, -0.05) is 27.6 Å². The average Bonchev–Trinajstić information content (AvgIpc) is 2.86. The summed E-state index contributed by atoms with van der Waals surface area (Å²) in [6.07, 6.45) is -9.64. The number of piperidine rings is 1. The minimum absolute atomic E-state index is 0.257. The number of nitrogens with zero attached hydrogens (tertiary/aromatic N) is 1. The second-order valence-electron chi connectivity index (χ2n) is 7.69. The quantitative estimate of drug-likeness (QED) is 0.666. The molecule has 1 fully saturated rings. The fourth-order valence-corrected chi connectivity index (χ4v) is 3.46. The lowest BCUT2D eigenvalue weighted by Crippen LogP contribution is -2.51. The summed E-state index contributed by atoms with van der Waals surface area (Å²) >= 11 is 0. The zero-order valence-electron chi connectivity index (χ0n) is 30.9. The van der Waals surface area contributed by atoms with E-state index in [9.17, 15) is 6.17 Å². The molecule has 168 valence electrons. The molecule has 1 aromatic rings. The first kappa shape index (κ1) is 11.2. The first-order valence-electron chi connectivity index (χ1n) is 16.3. The van der Waals surface area contributed by atoms with Crippen molar-refractivity contribution in [2.75, 3.05) is 27.3 Å². The Morgan fingerprint density at radius 2 is 2.13 bits per heavy atom. The third kappa shape index (κ3) is 4.75. The van der Waals surface area contributed by atoms with Crippen LogP contribution in [0.2, 0.25) is 0 Å². The topological polar surface area (TPSA) is 74.0 Å². The fourth-order valence-electron chi connectivity index (χ4n) is 3.46. The van der Waals surface area contributed by atoms with Crippen molar-refractivity contribution < 1.29 is 36.8 Å². The molecule has 5 atom stereocenters. The zero-order valence-corrected chi connectivity index (χ0v) is 17.9. The highest BCUT2D eigenvalue weighted by Gasteiger charge is 2.41. The summed E-state index contributed by atoms with van der Waals surface area (Å²) in [7, 11) is 2.36. The number of carbonyl (C=O) groups is 1. The Hall–Kier alpha value is -1.79. The Bertz CT molecular complexity index is 1270. The summed E-state index contributed by atoms with van der Waals surface area (Å²) in [5.41, 5.74) is 5.15. The molecule has 0 amide bonds. The van der Waals surface area contributed by atoms with Crippen LogP contribution < -0.4 is 15.2 Å². The molecule has 0 radical (unpaired) electrons. The van der Waals surface area contributed by atoms with Gasteiger partial charge in [-0.05, 0) is 47.8 Å². The summed E-state index contributed by atoms with van der Waals surface area (Å²) < 4.78 is 128. The van der Waals surface area contributed by atoms with Gasteiger partial charge in [0.05, 0.1) is 18.3 Å². The number of hydrogen-bond donors (Lipinski definition) is 1.